The number of ether oxygens (including phenoxy) is 1. The van der Waals surface area contributed by atoms with Crippen LogP contribution in [0.1, 0.15) is 16.8 Å². The minimum atomic E-state index is -0.505. The van der Waals surface area contributed by atoms with E-state index in [1.807, 2.05) is 0 Å². The van der Waals surface area contributed by atoms with Crippen LogP contribution in [-0.2, 0) is 4.74 Å². The van der Waals surface area contributed by atoms with E-state index in [0.29, 0.717) is 18.7 Å². The Bertz CT molecular complexity index is 480. The van der Waals surface area contributed by atoms with E-state index in [0.717, 1.165) is 6.42 Å². The Hall–Kier alpha value is -1.13. The highest BCUT2D eigenvalue weighted by Gasteiger charge is 2.41. The molecule has 90 valence electrons. The van der Waals surface area contributed by atoms with Gasteiger partial charge in [-0.25, -0.2) is 4.39 Å². The molecule has 1 aromatic rings. The van der Waals surface area contributed by atoms with Crippen molar-refractivity contribution in [3.8, 4) is 0 Å². The average molecular weight is 256 g/mol. The van der Waals surface area contributed by atoms with E-state index in [2.05, 4.69) is 0 Å². The molecule has 1 aromatic carbocycles. The maximum atomic E-state index is 13.0. The van der Waals surface area contributed by atoms with Gasteiger partial charge < -0.3 is 9.64 Å². The van der Waals surface area contributed by atoms with Crippen LogP contribution < -0.4 is 0 Å². The average Bonchev–Trinajstić information content (AvgIpc) is 2.93. The minimum Gasteiger partial charge on any atom is -0.374 e. The molecule has 3 rings (SSSR count). The normalized spacial score (nSPS) is 26.6. The van der Waals surface area contributed by atoms with E-state index in [1.54, 1.807) is 4.90 Å². The Morgan fingerprint density at radius 1 is 1.53 bits per heavy atom. The Morgan fingerprint density at radius 2 is 2.35 bits per heavy atom. The summed E-state index contributed by atoms with van der Waals surface area (Å²) in [6.07, 6.45) is 1.07. The lowest BCUT2D eigenvalue weighted by atomic mass is 10.1. The quantitative estimate of drug-likeness (QED) is 0.769. The molecule has 2 heterocycles. The largest absolute Gasteiger partial charge is 0.374 e. The molecule has 0 radical (unpaired) electrons. The number of likely N-dealkylation sites (tertiary alicyclic amines) is 1. The van der Waals surface area contributed by atoms with E-state index in [-0.39, 0.29) is 23.1 Å². The van der Waals surface area contributed by atoms with Gasteiger partial charge in [-0.1, -0.05) is 11.6 Å². The first-order valence-electron chi connectivity index (χ1n) is 5.53. The molecule has 17 heavy (non-hydrogen) atoms. The number of fused-ring (bicyclic) bond motifs is 2. The van der Waals surface area contributed by atoms with Crippen LogP contribution in [0.4, 0.5) is 4.39 Å². The van der Waals surface area contributed by atoms with Crippen LogP contribution in [0.25, 0.3) is 0 Å². The van der Waals surface area contributed by atoms with Crippen LogP contribution in [0.3, 0.4) is 0 Å². The van der Waals surface area contributed by atoms with E-state index < -0.39 is 5.82 Å². The second kappa shape index (κ2) is 3.96. The van der Waals surface area contributed by atoms with Crippen molar-refractivity contribution in [3.63, 3.8) is 0 Å². The molecule has 0 spiro atoms. The number of hydrogen-bond acceptors (Lipinski definition) is 2. The van der Waals surface area contributed by atoms with Crippen LogP contribution in [0.15, 0.2) is 18.2 Å². The number of halogens is 2. The molecule has 2 aliphatic rings. The molecular formula is C12H11ClFNO2. The van der Waals surface area contributed by atoms with Gasteiger partial charge in [0.1, 0.15) is 5.82 Å². The van der Waals surface area contributed by atoms with Crippen LogP contribution in [0, 0.1) is 5.82 Å². The lowest BCUT2D eigenvalue weighted by molar-refractivity contribution is 0.0259. The molecular weight excluding hydrogens is 245 g/mol. The highest BCUT2D eigenvalue weighted by Crippen LogP contribution is 2.29. The molecule has 2 saturated heterocycles. The maximum absolute atomic E-state index is 13.0. The van der Waals surface area contributed by atoms with Crippen molar-refractivity contribution in [2.75, 3.05) is 13.2 Å². The first kappa shape index (κ1) is 11.0. The lowest BCUT2D eigenvalue weighted by Gasteiger charge is -2.26. The molecule has 5 heteroatoms. The highest BCUT2D eigenvalue weighted by molar-refractivity contribution is 6.31. The number of hydrogen-bond donors (Lipinski definition) is 0. The van der Waals surface area contributed by atoms with Crippen molar-refractivity contribution >= 4 is 17.5 Å². The molecule has 0 N–H and O–H groups in total. The number of carbonyl (C=O) groups excluding carboxylic acids is 1. The standard InChI is InChI=1S/C12H11ClFNO2/c13-10-3-7(1-2-11(10)14)12(16)15-5-9-4-8(15)6-17-9/h1-3,8-9H,4-6H2. The van der Waals surface area contributed by atoms with Gasteiger partial charge in [0.15, 0.2) is 0 Å². The van der Waals surface area contributed by atoms with Crippen LogP contribution in [0.2, 0.25) is 5.02 Å². The number of benzene rings is 1. The number of morpholine rings is 1. The molecule has 2 bridgehead atoms. The smallest absolute Gasteiger partial charge is 0.254 e. The van der Waals surface area contributed by atoms with Crippen molar-refractivity contribution in [2.45, 2.75) is 18.6 Å². The first-order valence-corrected chi connectivity index (χ1v) is 5.90. The summed E-state index contributed by atoms with van der Waals surface area (Å²) in [6, 6.07) is 4.24. The fourth-order valence-corrected chi connectivity index (χ4v) is 2.62. The topological polar surface area (TPSA) is 29.5 Å². The molecule has 2 unspecified atom stereocenters. The summed E-state index contributed by atoms with van der Waals surface area (Å²) in [7, 11) is 0. The zero-order valence-corrected chi connectivity index (χ0v) is 9.78. The first-order chi connectivity index (χ1) is 8.15. The minimum absolute atomic E-state index is 0.0172. The van der Waals surface area contributed by atoms with Gasteiger partial charge in [0.25, 0.3) is 5.91 Å². The third-order valence-electron chi connectivity index (χ3n) is 3.33. The second-order valence-corrected chi connectivity index (χ2v) is 4.84. The van der Waals surface area contributed by atoms with Crippen molar-refractivity contribution in [1.29, 1.82) is 0 Å². The molecule has 3 nitrogen and oxygen atoms in total. The van der Waals surface area contributed by atoms with Gasteiger partial charge >= 0.3 is 0 Å². The number of carbonyl (C=O) groups is 1. The zero-order valence-electron chi connectivity index (χ0n) is 9.03. The van der Waals surface area contributed by atoms with Gasteiger partial charge in [-0.3, -0.25) is 4.79 Å². The number of amides is 1. The van der Waals surface area contributed by atoms with E-state index in [4.69, 9.17) is 16.3 Å². The van der Waals surface area contributed by atoms with Gasteiger partial charge in [-0.05, 0) is 24.6 Å². The predicted molar refractivity (Wildman–Crippen MR) is 60.6 cm³/mol. The van der Waals surface area contributed by atoms with Gasteiger partial charge in [0, 0.05) is 12.1 Å². The molecule has 1 amide bonds. The van der Waals surface area contributed by atoms with Gasteiger partial charge in [0.2, 0.25) is 0 Å². The summed E-state index contributed by atoms with van der Waals surface area (Å²) in [4.78, 5) is 14.0. The summed E-state index contributed by atoms with van der Waals surface area (Å²) >= 11 is 5.67. The molecule has 0 aliphatic carbocycles. The van der Waals surface area contributed by atoms with E-state index in [1.165, 1.54) is 18.2 Å². The second-order valence-electron chi connectivity index (χ2n) is 4.43. The predicted octanol–water partition coefficient (Wildman–Crippen LogP) is 2.09. The third kappa shape index (κ3) is 1.81. The highest BCUT2D eigenvalue weighted by atomic mass is 35.5. The van der Waals surface area contributed by atoms with Gasteiger partial charge in [0.05, 0.1) is 23.8 Å². The van der Waals surface area contributed by atoms with Crippen LogP contribution >= 0.6 is 11.6 Å². The van der Waals surface area contributed by atoms with Crippen molar-refractivity contribution in [2.24, 2.45) is 0 Å². The van der Waals surface area contributed by atoms with E-state index in [9.17, 15) is 9.18 Å². The molecule has 0 aromatic heterocycles. The summed E-state index contributed by atoms with van der Waals surface area (Å²) in [5.41, 5.74) is 0.434. The fourth-order valence-electron chi connectivity index (χ4n) is 2.44. The molecule has 0 saturated carbocycles. The Morgan fingerprint density at radius 3 is 2.94 bits per heavy atom. The summed E-state index contributed by atoms with van der Waals surface area (Å²) in [5.74, 6) is -0.600. The lowest BCUT2D eigenvalue weighted by Crippen LogP contribution is -2.41. The van der Waals surface area contributed by atoms with Crippen molar-refractivity contribution in [1.82, 2.24) is 4.90 Å². The van der Waals surface area contributed by atoms with Crippen molar-refractivity contribution < 1.29 is 13.9 Å². The summed E-state index contributed by atoms with van der Waals surface area (Å²) in [6.45, 7) is 1.23. The SMILES string of the molecule is O=C(c1ccc(F)c(Cl)c1)N1CC2CC1CO2. The third-order valence-corrected chi connectivity index (χ3v) is 3.62. The summed E-state index contributed by atoms with van der Waals surface area (Å²) in [5, 5.41) is -0.0172. The van der Waals surface area contributed by atoms with Crippen LogP contribution in [-0.4, -0.2) is 36.1 Å². The molecule has 2 atom stereocenters. The summed E-state index contributed by atoms with van der Waals surface area (Å²) < 4.78 is 18.4. The maximum Gasteiger partial charge on any atom is 0.254 e. The fraction of sp³-hybridized carbons (Fsp3) is 0.417. The Balaban J connectivity index is 1.84. The van der Waals surface area contributed by atoms with E-state index >= 15 is 0 Å². The van der Waals surface area contributed by atoms with Crippen LogP contribution in [0.5, 0.6) is 0 Å². The Labute approximate surface area is 103 Å². The van der Waals surface area contributed by atoms with Gasteiger partial charge in [-0.15, -0.1) is 0 Å². The number of nitrogens with zero attached hydrogens (tertiary/aromatic N) is 1. The molecule has 2 fully saturated rings. The number of rotatable bonds is 1. The van der Waals surface area contributed by atoms with Gasteiger partial charge in [-0.2, -0.15) is 0 Å². The Kier molecular flexibility index (Phi) is 2.56. The zero-order chi connectivity index (χ0) is 12.0. The van der Waals surface area contributed by atoms with Crippen molar-refractivity contribution in [3.05, 3.63) is 34.6 Å². The monoisotopic (exact) mass is 255 g/mol. The molecule has 2 aliphatic heterocycles.